The van der Waals surface area contributed by atoms with Crippen molar-refractivity contribution >= 4 is 71.2 Å². The predicted octanol–water partition coefficient (Wildman–Crippen LogP) is 18.4. The summed E-state index contributed by atoms with van der Waals surface area (Å²) >= 11 is 0. The zero-order valence-corrected chi connectivity index (χ0v) is 37.1. The lowest BCUT2D eigenvalue weighted by molar-refractivity contribution is 1.18. The van der Waals surface area contributed by atoms with E-state index in [9.17, 15) is 0 Å². The molecule has 0 bridgehead atoms. The first kappa shape index (κ1) is 38.3. The van der Waals surface area contributed by atoms with Crippen molar-refractivity contribution in [2.45, 2.75) is 0 Å². The summed E-state index contributed by atoms with van der Waals surface area (Å²) in [5.74, 6) is 0. The maximum atomic E-state index is 2.46. The van der Waals surface area contributed by atoms with Crippen LogP contribution in [0.1, 0.15) is 0 Å². The maximum Gasteiger partial charge on any atom is 0.0547 e. The van der Waals surface area contributed by atoms with E-state index in [1.807, 2.05) is 0 Å². The number of aromatic nitrogens is 1. The summed E-state index contributed by atoms with van der Waals surface area (Å²) in [6.07, 6.45) is 0. The molecule has 0 fully saturated rings. The number of anilines is 3. The molecule has 68 heavy (non-hydrogen) atoms. The first-order valence-electron chi connectivity index (χ1n) is 23.5. The van der Waals surface area contributed by atoms with Crippen molar-refractivity contribution in [1.82, 2.24) is 4.57 Å². The molecule has 0 N–H and O–H groups in total. The molecule has 0 amide bonds. The van der Waals surface area contributed by atoms with E-state index < -0.39 is 0 Å². The van der Waals surface area contributed by atoms with Crippen molar-refractivity contribution < 1.29 is 0 Å². The molecule has 0 aliphatic heterocycles. The predicted molar refractivity (Wildman–Crippen MR) is 289 cm³/mol. The quantitative estimate of drug-likeness (QED) is 0.155. The van der Waals surface area contributed by atoms with Gasteiger partial charge in [0.05, 0.1) is 16.7 Å². The fourth-order valence-corrected chi connectivity index (χ4v) is 11.2. The van der Waals surface area contributed by atoms with Crippen molar-refractivity contribution in [2.24, 2.45) is 0 Å². The number of para-hydroxylation sites is 2. The molecule has 12 aromatic carbocycles. The molecule has 0 spiro atoms. The highest BCUT2D eigenvalue weighted by molar-refractivity contribution is 6.26. The fraction of sp³-hybridized carbons (Fsp3) is 0. The molecule has 0 saturated carbocycles. The molecule has 0 atom stereocenters. The minimum atomic E-state index is 1.11. The Bertz CT molecular complexity index is 4110. The number of rotatable bonds is 7. The summed E-state index contributed by atoms with van der Waals surface area (Å²) in [5.41, 5.74) is 19.3. The third kappa shape index (κ3) is 5.98. The zero-order valence-electron chi connectivity index (χ0n) is 37.1. The Morgan fingerprint density at radius 3 is 1.71 bits per heavy atom. The van der Waals surface area contributed by atoms with Gasteiger partial charge < -0.3 is 9.47 Å². The molecule has 1 heterocycles. The Kier molecular flexibility index (Phi) is 8.62. The van der Waals surface area contributed by atoms with Crippen molar-refractivity contribution in [3.05, 3.63) is 255 Å². The largest absolute Gasteiger partial charge is 0.310 e. The van der Waals surface area contributed by atoms with Gasteiger partial charge in [0, 0.05) is 33.2 Å². The molecule has 13 aromatic rings. The van der Waals surface area contributed by atoms with Gasteiger partial charge in [0.1, 0.15) is 0 Å². The molecule has 0 saturated heterocycles. The van der Waals surface area contributed by atoms with E-state index in [1.54, 1.807) is 0 Å². The lowest BCUT2D eigenvalue weighted by Crippen LogP contribution is -2.10. The topological polar surface area (TPSA) is 8.17 Å². The molecule has 0 unspecified atom stereocenters. The number of fused-ring (bicyclic) bond motifs is 9. The van der Waals surface area contributed by atoms with Gasteiger partial charge in [-0.15, -0.1) is 0 Å². The van der Waals surface area contributed by atoms with Gasteiger partial charge in [-0.05, 0) is 149 Å². The third-order valence-corrected chi connectivity index (χ3v) is 14.3. The summed E-state index contributed by atoms with van der Waals surface area (Å²) in [5, 5.41) is 9.98. The van der Waals surface area contributed by atoms with Gasteiger partial charge in [0.2, 0.25) is 0 Å². The Morgan fingerprint density at radius 1 is 0.279 bits per heavy atom. The smallest absolute Gasteiger partial charge is 0.0547 e. The Balaban J connectivity index is 0.982. The van der Waals surface area contributed by atoms with Crippen LogP contribution >= 0.6 is 0 Å². The van der Waals surface area contributed by atoms with E-state index in [1.165, 1.54) is 110 Å². The van der Waals surface area contributed by atoms with Crippen LogP contribution in [0.2, 0.25) is 0 Å². The minimum Gasteiger partial charge on any atom is -0.310 e. The number of hydrogen-bond donors (Lipinski definition) is 0. The van der Waals surface area contributed by atoms with Gasteiger partial charge in [-0.2, -0.15) is 0 Å². The van der Waals surface area contributed by atoms with Gasteiger partial charge in [-0.1, -0.05) is 188 Å². The van der Waals surface area contributed by atoms with Crippen LogP contribution in [0.4, 0.5) is 17.1 Å². The van der Waals surface area contributed by atoms with E-state index in [0.29, 0.717) is 0 Å². The molecule has 2 heteroatoms. The summed E-state index contributed by atoms with van der Waals surface area (Å²) < 4.78 is 2.41. The summed E-state index contributed by atoms with van der Waals surface area (Å²) in [6, 6.07) is 93.8. The number of nitrogens with zero attached hydrogens (tertiary/aromatic N) is 2. The molecule has 0 radical (unpaired) electrons. The number of benzene rings is 12. The normalized spacial score (nSPS) is 11.8. The van der Waals surface area contributed by atoms with E-state index in [0.717, 1.165) is 22.7 Å². The standard InChI is InChI=1S/C66H42N2/c1-4-15-43(16-5-1)45-27-32-51(33-28-45)67(52-34-29-44-17-10-11-20-47(44)39-52)63-38-37-56-61-42-59(46-18-6-2-7-19-46)53-35-30-48(40-60(53)66(61)58-25-14-24-57(63)65(56)58)49-31-36-55-54-23-12-13-26-62(54)68(64(55)41-49)50-21-8-3-9-22-50/h1-42H. The second-order valence-corrected chi connectivity index (χ2v) is 18.0. The molecule has 1 aliphatic carbocycles. The van der Waals surface area contributed by atoms with Crippen molar-refractivity contribution in [1.29, 1.82) is 0 Å². The number of hydrogen-bond acceptors (Lipinski definition) is 1. The molecule has 1 aliphatic rings. The summed E-state index contributed by atoms with van der Waals surface area (Å²) in [6.45, 7) is 0. The summed E-state index contributed by atoms with van der Waals surface area (Å²) in [7, 11) is 0. The molecule has 1 aromatic heterocycles. The third-order valence-electron chi connectivity index (χ3n) is 14.3. The Hall–Kier alpha value is -8.98. The fourth-order valence-electron chi connectivity index (χ4n) is 11.2. The maximum absolute atomic E-state index is 2.46. The van der Waals surface area contributed by atoms with E-state index in [-0.39, 0.29) is 0 Å². The Morgan fingerprint density at radius 2 is 0.897 bits per heavy atom. The monoisotopic (exact) mass is 862 g/mol. The summed E-state index contributed by atoms with van der Waals surface area (Å²) in [4.78, 5) is 2.45. The van der Waals surface area contributed by atoms with Crippen LogP contribution in [0.15, 0.2) is 255 Å². The lowest BCUT2D eigenvalue weighted by Gasteiger charge is -2.28. The highest BCUT2D eigenvalue weighted by Gasteiger charge is 2.28. The average Bonchev–Trinajstić information content (AvgIpc) is 3.93. The van der Waals surface area contributed by atoms with E-state index in [2.05, 4.69) is 264 Å². The second kappa shape index (κ2) is 15.3. The van der Waals surface area contributed by atoms with Crippen LogP contribution in [0, 0.1) is 0 Å². The van der Waals surface area contributed by atoms with Gasteiger partial charge in [0.15, 0.2) is 0 Å². The van der Waals surface area contributed by atoms with Gasteiger partial charge in [-0.25, -0.2) is 0 Å². The molecule has 14 rings (SSSR count). The minimum absolute atomic E-state index is 1.11. The SMILES string of the molecule is c1ccc(-c2ccc(N(c3ccc4ccccc4c3)c3ccc4c5c(cccc35)-c3c-4cc(-c4ccccc4)c4ccc(-c5ccc6c7ccccc7n(-c7ccccc7)c6c5)cc34)cc2)cc1. The average molecular weight is 863 g/mol. The molecular formula is C66H42N2. The van der Waals surface area contributed by atoms with Gasteiger partial charge in [0.25, 0.3) is 0 Å². The van der Waals surface area contributed by atoms with Crippen LogP contribution in [0.5, 0.6) is 0 Å². The van der Waals surface area contributed by atoms with Crippen LogP contribution in [0.3, 0.4) is 0 Å². The second-order valence-electron chi connectivity index (χ2n) is 18.0. The van der Waals surface area contributed by atoms with Crippen LogP contribution < -0.4 is 4.90 Å². The van der Waals surface area contributed by atoms with E-state index in [4.69, 9.17) is 0 Å². The van der Waals surface area contributed by atoms with E-state index >= 15 is 0 Å². The van der Waals surface area contributed by atoms with Crippen molar-refractivity contribution in [2.75, 3.05) is 4.90 Å². The van der Waals surface area contributed by atoms with Crippen molar-refractivity contribution in [3.8, 4) is 61.3 Å². The highest BCUT2D eigenvalue weighted by Crippen LogP contribution is 2.55. The first-order valence-corrected chi connectivity index (χ1v) is 23.5. The first-order chi connectivity index (χ1) is 33.7. The molecule has 2 nitrogen and oxygen atoms in total. The van der Waals surface area contributed by atoms with Gasteiger partial charge >= 0.3 is 0 Å². The lowest BCUT2D eigenvalue weighted by atomic mass is 9.88. The highest BCUT2D eigenvalue weighted by atomic mass is 15.1. The van der Waals surface area contributed by atoms with Crippen LogP contribution in [0.25, 0.3) is 115 Å². The zero-order chi connectivity index (χ0) is 44.7. The molecular weight excluding hydrogens is 821 g/mol. The van der Waals surface area contributed by atoms with Crippen LogP contribution in [-0.4, -0.2) is 4.57 Å². The van der Waals surface area contributed by atoms with Gasteiger partial charge in [-0.3, -0.25) is 0 Å². The Labute approximate surface area is 394 Å². The molecule has 316 valence electrons. The van der Waals surface area contributed by atoms with Crippen molar-refractivity contribution in [3.63, 3.8) is 0 Å². The van der Waals surface area contributed by atoms with Crippen LogP contribution in [-0.2, 0) is 0 Å².